The van der Waals surface area contributed by atoms with Gasteiger partial charge in [-0.1, -0.05) is 155 Å². The number of fused-ring (bicyclic) bond motifs is 10. The highest BCUT2D eigenvalue weighted by atomic mass is 15.0. The summed E-state index contributed by atoms with van der Waals surface area (Å²) in [6, 6.07) is 59.5. The molecule has 0 amide bonds. The van der Waals surface area contributed by atoms with E-state index in [1.165, 1.54) is 117 Å². The molecule has 8 aromatic carbocycles. The second-order valence-corrected chi connectivity index (χ2v) is 18.2. The van der Waals surface area contributed by atoms with Crippen molar-refractivity contribution in [2.75, 3.05) is 0 Å². The molecule has 0 fully saturated rings. The monoisotopic (exact) mass is 746 g/mol. The van der Waals surface area contributed by atoms with Gasteiger partial charge in [0.25, 0.3) is 0 Å². The molecule has 2 heterocycles. The second-order valence-electron chi connectivity index (χ2n) is 18.2. The summed E-state index contributed by atoms with van der Waals surface area (Å²) in [5.74, 6) is 0. The third kappa shape index (κ3) is 4.66. The molecule has 0 aliphatic heterocycles. The molecular formula is C56H46N2. The SMILES string of the molecule is CC1(C)CCC(C)(C)c2c1ccc1c3c(ccc4c5c6cccc7c6c(cc5n(-c5ccc(-c6ccccc6)cc5)c43)CC7)n(-c3ccccc3-c3ccccc3)c21. The Morgan fingerprint density at radius 3 is 1.88 bits per heavy atom. The summed E-state index contributed by atoms with van der Waals surface area (Å²) >= 11 is 0. The van der Waals surface area contributed by atoms with Gasteiger partial charge in [-0.3, -0.25) is 0 Å². The molecule has 0 radical (unpaired) electrons. The number of hydrogen-bond acceptors (Lipinski definition) is 0. The van der Waals surface area contributed by atoms with Gasteiger partial charge < -0.3 is 9.13 Å². The zero-order chi connectivity index (χ0) is 38.9. The van der Waals surface area contributed by atoms with Crippen molar-refractivity contribution in [1.82, 2.24) is 9.13 Å². The standard InChI is InChI=1S/C56H46N2/c1-55(2)32-33-56(3,4)52-45(55)30-28-44-51-47(58(54(44)52)46-21-12-11-19-41(46)37-16-9-6-10-17-37)31-29-43-50-42-20-13-18-38-22-23-39(49(38)42)34-48(50)57(53(43)51)40-26-24-36(25-27-40)35-14-7-5-8-15-35/h5-21,24-31,34H,22-23,32-33H2,1-4H3. The highest BCUT2D eigenvalue weighted by Gasteiger charge is 2.40. The van der Waals surface area contributed by atoms with E-state index in [1.54, 1.807) is 0 Å². The van der Waals surface area contributed by atoms with Crippen molar-refractivity contribution in [3.8, 4) is 33.6 Å². The molecule has 58 heavy (non-hydrogen) atoms. The first kappa shape index (κ1) is 33.7. The van der Waals surface area contributed by atoms with Crippen molar-refractivity contribution in [3.05, 3.63) is 180 Å². The molecule has 2 heteroatoms. The molecule has 2 aromatic heterocycles. The maximum atomic E-state index is 2.65. The van der Waals surface area contributed by atoms with Gasteiger partial charge in [0.05, 0.1) is 27.8 Å². The summed E-state index contributed by atoms with van der Waals surface area (Å²) in [6.07, 6.45) is 4.52. The number of aryl methyl sites for hydroxylation is 2. The first-order valence-electron chi connectivity index (χ1n) is 21.1. The molecule has 0 saturated heterocycles. The summed E-state index contributed by atoms with van der Waals surface area (Å²) < 4.78 is 5.27. The fourth-order valence-electron chi connectivity index (χ4n) is 11.1. The van der Waals surface area contributed by atoms with E-state index in [0.717, 1.165) is 19.3 Å². The van der Waals surface area contributed by atoms with E-state index in [4.69, 9.17) is 0 Å². The molecule has 2 aliphatic rings. The Kier molecular flexibility index (Phi) is 7.02. The summed E-state index contributed by atoms with van der Waals surface area (Å²) in [4.78, 5) is 0. The lowest BCUT2D eigenvalue weighted by molar-refractivity contribution is 0.334. The summed E-state index contributed by atoms with van der Waals surface area (Å²) in [6.45, 7) is 9.87. The largest absolute Gasteiger partial charge is 0.309 e. The number of nitrogens with zero attached hydrogens (tertiary/aromatic N) is 2. The molecular weight excluding hydrogens is 701 g/mol. The summed E-state index contributed by atoms with van der Waals surface area (Å²) in [5, 5.41) is 8.17. The Morgan fingerprint density at radius 1 is 0.431 bits per heavy atom. The molecule has 12 rings (SSSR count). The Hall–Kier alpha value is -6.38. The number of benzene rings is 8. The molecule has 10 aromatic rings. The lowest BCUT2D eigenvalue weighted by Crippen LogP contribution is -2.34. The number of rotatable bonds is 4. The van der Waals surface area contributed by atoms with Crippen LogP contribution in [0.1, 0.15) is 62.8 Å². The maximum absolute atomic E-state index is 2.65. The van der Waals surface area contributed by atoms with E-state index in [0.29, 0.717) is 0 Å². The molecule has 0 atom stereocenters. The van der Waals surface area contributed by atoms with Crippen LogP contribution in [0, 0.1) is 0 Å². The quantitative estimate of drug-likeness (QED) is 0.170. The van der Waals surface area contributed by atoms with Gasteiger partial charge in [0.2, 0.25) is 0 Å². The number of hydrogen-bond donors (Lipinski definition) is 0. The molecule has 0 bridgehead atoms. The van der Waals surface area contributed by atoms with Crippen molar-refractivity contribution in [2.45, 2.75) is 64.2 Å². The fraction of sp³-hybridized carbons (Fsp3) is 0.179. The average molecular weight is 747 g/mol. The van der Waals surface area contributed by atoms with Crippen molar-refractivity contribution in [2.24, 2.45) is 0 Å². The van der Waals surface area contributed by atoms with E-state index in [9.17, 15) is 0 Å². The minimum absolute atomic E-state index is 0.00419. The first-order valence-corrected chi connectivity index (χ1v) is 21.1. The predicted octanol–water partition coefficient (Wildman–Crippen LogP) is 14.8. The summed E-state index contributed by atoms with van der Waals surface area (Å²) in [7, 11) is 0. The van der Waals surface area contributed by atoms with Crippen molar-refractivity contribution >= 4 is 54.4 Å². The van der Waals surface area contributed by atoms with Crippen LogP contribution in [0.2, 0.25) is 0 Å². The van der Waals surface area contributed by atoms with Gasteiger partial charge in [-0.15, -0.1) is 0 Å². The number of aromatic nitrogens is 2. The van der Waals surface area contributed by atoms with Crippen LogP contribution in [-0.2, 0) is 23.7 Å². The van der Waals surface area contributed by atoms with Gasteiger partial charge in [0.15, 0.2) is 0 Å². The van der Waals surface area contributed by atoms with Gasteiger partial charge in [-0.05, 0) is 117 Å². The van der Waals surface area contributed by atoms with Crippen LogP contribution >= 0.6 is 0 Å². The van der Waals surface area contributed by atoms with Gasteiger partial charge in [0, 0.05) is 32.8 Å². The van der Waals surface area contributed by atoms with Gasteiger partial charge in [0.1, 0.15) is 0 Å². The van der Waals surface area contributed by atoms with E-state index in [1.807, 2.05) is 0 Å². The van der Waals surface area contributed by atoms with E-state index < -0.39 is 0 Å². The van der Waals surface area contributed by atoms with Crippen molar-refractivity contribution < 1.29 is 0 Å². The third-order valence-electron chi connectivity index (χ3n) is 14.0. The lowest BCUT2D eigenvalue weighted by atomic mass is 9.62. The first-order chi connectivity index (χ1) is 28.3. The average Bonchev–Trinajstić information content (AvgIpc) is 3.94. The molecule has 2 aliphatic carbocycles. The van der Waals surface area contributed by atoms with E-state index >= 15 is 0 Å². The lowest BCUT2D eigenvalue weighted by Gasteiger charge is -2.42. The van der Waals surface area contributed by atoms with Crippen LogP contribution in [0.5, 0.6) is 0 Å². The van der Waals surface area contributed by atoms with Crippen LogP contribution in [0.15, 0.2) is 158 Å². The third-order valence-corrected chi connectivity index (χ3v) is 14.0. The van der Waals surface area contributed by atoms with Crippen molar-refractivity contribution in [3.63, 3.8) is 0 Å². The van der Waals surface area contributed by atoms with Gasteiger partial charge in [-0.25, -0.2) is 0 Å². The summed E-state index contributed by atoms with van der Waals surface area (Å²) in [5.41, 5.74) is 18.5. The Morgan fingerprint density at radius 2 is 1.09 bits per heavy atom. The minimum atomic E-state index is -0.00419. The van der Waals surface area contributed by atoms with E-state index in [-0.39, 0.29) is 10.8 Å². The molecule has 0 unspecified atom stereocenters. The molecule has 0 spiro atoms. The highest BCUT2D eigenvalue weighted by molar-refractivity contribution is 6.31. The minimum Gasteiger partial charge on any atom is -0.309 e. The normalized spacial score (nSPS) is 15.6. The highest BCUT2D eigenvalue weighted by Crippen LogP contribution is 2.53. The van der Waals surface area contributed by atoms with Gasteiger partial charge in [-0.2, -0.15) is 0 Å². The molecule has 2 nitrogen and oxygen atoms in total. The topological polar surface area (TPSA) is 9.86 Å². The van der Waals surface area contributed by atoms with Crippen LogP contribution in [0.3, 0.4) is 0 Å². The van der Waals surface area contributed by atoms with Crippen molar-refractivity contribution in [1.29, 1.82) is 0 Å². The van der Waals surface area contributed by atoms with Crippen LogP contribution < -0.4 is 0 Å². The fourth-order valence-corrected chi connectivity index (χ4v) is 11.1. The zero-order valence-electron chi connectivity index (χ0n) is 33.7. The Balaban J connectivity index is 1.29. The molecule has 0 N–H and O–H groups in total. The smallest absolute Gasteiger partial charge is 0.0641 e. The molecule has 0 saturated carbocycles. The predicted molar refractivity (Wildman–Crippen MR) is 246 cm³/mol. The van der Waals surface area contributed by atoms with Crippen LogP contribution in [-0.4, -0.2) is 9.13 Å². The molecule has 280 valence electrons. The number of para-hydroxylation sites is 1. The Labute approximate surface area is 340 Å². The van der Waals surface area contributed by atoms with Crippen LogP contribution in [0.25, 0.3) is 88.0 Å². The Bertz CT molecular complexity index is 3300. The van der Waals surface area contributed by atoms with Crippen LogP contribution in [0.4, 0.5) is 0 Å². The maximum Gasteiger partial charge on any atom is 0.0641 e. The van der Waals surface area contributed by atoms with E-state index in [2.05, 4.69) is 195 Å². The zero-order valence-corrected chi connectivity index (χ0v) is 33.7. The van der Waals surface area contributed by atoms with Gasteiger partial charge >= 0.3 is 0 Å². The second kappa shape index (κ2) is 12.1.